The molecule has 1 heterocycles. The highest BCUT2D eigenvalue weighted by atomic mass is 19.1. The molecule has 2 aromatic carbocycles. The lowest BCUT2D eigenvalue weighted by molar-refractivity contribution is -0.123. The number of hydrogen-bond donors (Lipinski definition) is 1. The maximum absolute atomic E-state index is 12.9. The Bertz CT molecular complexity index is 1010. The lowest BCUT2D eigenvalue weighted by Crippen LogP contribution is -2.28. The van der Waals surface area contributed by atoms with Gasteiger partial charge in [0.2, 0.25) is 0 Å². The van der Waals surface area contributed by atoms with Crippen LogP contribution in [0.4, 0.5) is 4.39 Å². The van der Waals surface area contributed by atoms with Crippen molar-refractivity contribution in [2.75, 3.05) is 6.61 Å². The summed E-state index contributed by atoms with van der Waals surface area (Å²) in [6.07, 6.45) is 0. The van der Waals surface area contributed by atoms with E-state index in [0.717, 1.165) is 16.5 Å². The van der Waals surface area contributed by atoms with Crippen LogP contribution in [0.15, 0.2) is 57.7 Å². The number of halogens is 1. The fourth-order valence-corrected chi connectivity index (χ4v) is 2.74. The van der Waals surface area contributed by atoms with Gasteiger partial charge in [0.05, 0.1) is 0 Å². The SMILES string of the molecule is CC(C)c1cc(=O)oc2cc(OCC(=O)NCc3ccc(F)cc3)ccc12. The van der Waals surface area contributed by atoms with E-state index in [2.05, 4.69) is 5.32 Å². The number of benzene rings is 2. The van der Waals surface area contributed by atoms with Crippen molar-refractivity contribution >= 4 is 16.9 Å². The first-order valence-electron chi connectivity index (χ1n) is 8.64. The zero-order valence-electron chi connectivity index (χ0n) is 15.1. The van der Waals surface area contributed by atoms with E-state index < -0.39 is 5.63 Å². The van der Waals surface area contributed by atoms with Crippen molar-refractivity contribution in [1.29, 1.82) is 0 Å². The highest BCUT2D eigenvalue weighted by Gasteiger charge is 2.10. The Labute approximate surface area is 155 Å². The molecule has 1 aromatic heterocycles. The van der Waals surface area contributed by atoms with Gasteiger partial charge in [-0.15, -0.1) is 0 Å². The highest BCUT2D eigenvalue weighted by molar-refractivity contribution is 5.82. The number of hydrogen-bond acceptors (Lipinski definition) is 4. The molecule has 0 unspecified atom stereocenters. The summed E-state index contributed by atoms with van der Waals surface area (Å²) in [5.41, 5.74) is 1.71. The second-order valence-corrected chi connectivity index (χ2v) is 6.53. The molecule has 140 valence electrons. The number of amides is 1. The molecule has 0 radical (unpaired) electrons. The molecule has 0 spiro atoms. The van der Waals surface area contributed by atoms with E-state index in [-0.39, 0.29) is 30.8 Å². The Morgan fingerprint density at radius 3 is 2.59 bits per heavy atom. The Morgan fingerprint density at radius 1 is 1.15 bits per heavy atom. The molecule has 0 saturated carbocycles. The summed E-state index contributed by atoms with van der Waals surface area (Å²) in [6.45, 7) is 4.11. The first-order chi connectivity index (χ1) is 12.9. The Balaban J connectivity index is 1.63. The van der Waals surface area contributed by atoms with Crippen molar-refractivity contribution in [3.05, 3.63) is 75.9 Å². The molecular formula is C21H20FNO4. The van der Waals surface area contributed by atoms with Gasteiger partial charge in [-0.25, -0.2) is 9.18 Å². The summed E-state index contributed by atoms with van der Waals surface area (Å²) in [6, 6.07) is 12.5. The topological polar surface area (TPSA) is 68.5 Å². The van der Waals surface area contributed by atoms with Crippen molar-refractivity contribution in [3.8, 4) is 5.75 Å². The van der Waals surface area contributed by atoms with Crippen LogP contribution in [0.3, 0.4) is 0 Å². The quantitative estimate of drug-likeness (QED) is 0.672. The van der Waals surface area contributed by atoms with Crippen molar-refractivity contribution in [1.82, 2.24) is 5.32 Å². The third kappa shape index (κ3) is 4.73. The molecule has 0 aliphatic rings. The average molecular weight is 369 g/mol. The monoisotopic (exact) mass is 369 g/mol. The molecule has 27 heavy (non-hydrogen) atoms. The van der Waals surface area contributed by atoms with Crippen LogP contribution in [0, 0.1) is 5.82 Å². The summed E-state index contributed by atoms with van der Waals surface area (Å²) < 4.78 is 23.6. The zero-order valence-corrected chi connectivity index (χ0v) is 15.1. The highest BCUT2D eigenvalue weighted by Crippen LogP contribution is 2.26. The van der Waals surface area contributed by atoms with Gasteiger partial charge >= 0.3 is 5.63 Å². The maximum atomic E-state index is 12.9. The van der Waals surface area contributed by atoms with Gasteiger partial charge in [0, 0.05) is 24.1 Å². The largest absolute Gasteiger partial charge is 0.484 e. The average Bonchev–Trinajstić information content (AvgIpc) is 2.64. The van der Waals surface area contributed by atoms with Crippen molar-refractivity contribution < 1.29 is 18.3 Å². The normalized spacial score (nSPS) is 11.0. The van der Waals surface area contributed by atoms with Crippen LogP contribution in [-0.2, 0) is 11.3 Å². The number of rotatable bonds is 6. The van der Waals surface area contributed by atoms with E-state index in [4.69, 9.17) is 9.15 Å². The number of carbonyl (C=O) groups excluding carboxylic acids is 1. The molecule has 1 amide bonds. The molecule has 0 atom stereocenters. The Morgan fingerprint density at radius 2 is 1.89 bits per heavy atom. The summed E-state index contributed by atoms with van der Waals surface area (Å²) in [7, 11) is 0. The van der Waals surface area contributed by atoms with Gasteiger partial charge in [-0.3, -0.25) is 4.79 Å². The number of carbonyl (C=O) groups is 1. The van der Waals surface area contributed by atoms with Crippen molar-refractivity contribution in [3.63, 3.8) is 0 Å². The lowest BCUT2D eigenvalue weighted by atomic mass is 10.00. The molecule has 3 rings (SSSR count). The first-order valence-corrected chi connectivity index (χ1v) is 8.64. The minimum atomic E-state index is -0.416. The number of fused-ring (bicyclic) bond motifs is 1. The molecule has 3 aromatic rings. The van der Waals surface area contributed by atoms with Crippen molar-refractivity contribution in [2.45, 2.75) is 26.3 Å². The molecule has 0 aliphatic carbocycles. The lowest BCUT2D eigenvalue weighted by Gasteiger charge is -2.11. The number of nitrogens with one attached hydrogen (secondary N) is 1. The fraction of sp³-hybridized carbons (Fsp3) is 0.238. The van der Waals surface area contributed by atoms with E-state index in [0.29, 0.717) is 11.3 Å². The third-order valence-electron chi connectivity index (χ3n) is 4.14. The van der Waals surface area contributed by atoms with E-state index in [9.17, 15) is 14.0 Å². The zero-order chi connectivity index (χ0) is 19.4. The molecule has 0 saturated heterocycles. The standard InChI is InChI=1S/C21H20FNO4/c1-13(2)18-10-21(25)27-19-9-16(7-8-17(18)19)26-12-20(24)23-11-14-3-5-15(22)6-4-14/h3-10,13H,11-12H2,1-2H3,(H,23,24). The fourth-order valence-electron chi connectivity index (χ4n) is 2.74. The predicted octanol–water partition coefficient (Wildman–Crippen LogP) is 3.75. The molecule has 6 heteroatoms. The van der Waals surface area contributed by atoms with Crippen molar-refractivity contribution in [2.24, 2.45) is 0 Å². The second kappa shape index (κ2) is 8.03. The van der Waals surface area contributed by atoms with Crippen LogP contribution in [0.25, 0.3) is 11.0 Å². The van der Waals surface area contributed by atoms with E-state index in [1.165, 1.54) is 18.2 Å². The Hall–Kier alpha value is -3.15. The molecule has 5 nitrogen and oxygen atoms in total. The van der Waals surface area contributed by atoms with E-state index in [1.807, 2.05) is 19.9 Å². The minimum Gasteiger partial charge on any atom is -0.484 e. The van der Waals surface area contributed by atoms with Crippen LogP contribution in [-0.4, -0.2) is 12.5 Å². The first kappa shape index (κ1) is 18.6. The van der Waals surface area contributed by atoms with Gasteiger partial charge in [0.1, 0.15) is 17.1 Å². The van der Waals surface area contributed by atoms with Gasteiger partial charge in [0.15, 0.2) is 6.61 Å². The van der Waals surface area contributed by atoms with Crippen LogP contribution < -0.4 is 15.7 Å². The van der Waals surface area contributed by atoms with Gasteiger partial charge in [-0.2, -0.15) is 0 Å². The Kier molecular flexibility index (Phi) is 5.54. The number of ether oxygens (including phenoxy) is 1. The third-order valence-corrected chi connectivity index (χ3v) is 4.14. The van der Waals surface area contributed by atoms with E-state index >= 15 is 0 Å². The summed E-state index contributed by atoms with van der Waals surface area (Å²) in [5.74, 6) is -0.0158. The summed E-state index contributed by atoms with van der Waals surface area (Å²) in [4.78, 5) is 23.7. The smallest absolute Gasteiger partial charge is 0.336 e. The van der Waals surface area contributed by atoms with Gasteiger partial charge < -0.3 is 14.5 Å². The second-order valence-electron chi connectivity index (χ2n) is 6.53. The van der Waals surface area contributed by atoms with E-state index in [1.54, 1.807) is 24.3 Å². The van der Waals surface area contributed by atoms with Crippen LogP contribution in [0.2, 0.25) is 0 Å². The molecule has 1 N–H and O–H groups in total. The van der Waals surface area contributed by atoms with Gasteiger partial charge in [-0.05, 0) is 41.3 Å². The maximum Gasteiger partial charge on any atom is 0.336 e. The van der Waals surface area contributed by atoms with Crippen LogP contribution in [0.1, 0.15) is 30.9 Å². The molecular weight excluding hydrogens is 349 g/mol. The summed E-state index contributed by atoms with van der Waals surface area (Å²) >= 11 is 0. The molecule has 0 aliphatic heterocycles. The van der Waals surface area contributed by atoms with Gasteiger partial charge in [0.25, 0.3) is 5.91 Å². The molecule has 0 bridgehead atoms. The van der Waals surface area contributed by atoms with Crippen LogP contribution >= 0.6 is 0 Å². The minimum absolute atomic E-state index is 0.180. The van der Waals surface area contributed by atoms with Gasteiger partial charge in [-0.1, -0.05) is 26.0 Å². The predicted molar refractivity (Wildman–Crippen MR) is 100 cm³/mol. The van der Waals surface area contributed by atoms with Crippen LogP contribution in [0.5, 0.6) is 5.75 Å². The summed E-state index contributed by atoms with van der Waals surface area (Å²) in [5, 5.41) is 3.54. The molecule has 0 fully saturated rings.